The number of para-hydroxylation sites is 1. The molecule has 0 unspecified atom stereocenters. The van der Waals surface area contributed by atoms with Gasteiger partial charge in [0.15, 0.2) is 0 Å². The van der Waals surface area contributed by atoms with Gasteiger partial charge in [0, 0.05) is 12.0 Å². The van der Waals surface area contributed by atoms with Crippen molar-refractivity contribution in [1.82, 2.24) is 0 Å². The molecule has 0 saturated carbocycles. The van der Waals surface area contributed by atoms with E-state index in [0.29, 0.717) is 5.56 Å². The second kappa shape index (κ2) is 6.73. The molecule has 0 fully saturated rings. The second-order valence-electron chi connectivity index (χ2n) is 6.10. The van der Waals surface area contributed by atoms with E-state index in [2.05, 4.69) is 41.4 Å². The largest absolute Gasteiger partial charge is 0.298 e. The number of hydrogen-bond donors (Lipinski definition) is 0. The van der Waals surface area contributed by atoms with Crippen LogP contribution in [0.3, 0.4) is 0 Å². The molecule has 0 bridgehead atoms. The van der Waals surface area contributed by atoms with Gasteiger partial charge >= 0.3 is 0 Å². The molecule has 1 heterocycles. The fourth-order valence-electron chi connectivity index (χ4n) is 3.19. The normalized spacial score (nSPS) is 16.6. The summed E-state index contributed by atoms with van der Waals surface area (Å²) in [5, 5.41) is 7.00. The first-order valence-electron chi connectivity index (χ1n) is 8.37. The van der Waals surface area contributed by atoms with Crippen LogP contribution in [0, 0.1) is 0 Å². The van der Waals surface area contributed by atoms with Gasteiger partial charge in [-0.25, -0.2) is 0 Å². The van der Waals surface area contributed by atoms with Crippen molar-refractivity contribution in [2.75, 3.05) is 5.01 Å². The fourth-order valence-corrected chi connectivity index (χ4v) is 3.19. The van der Waals surface area contributed by atoms with E-state index < -0.39 is 0 Å². The summed E-state index contributed by atoms with van der Waals surface area (Å²) in [4.78, 5) is 10.9. The van der Waals surface area contributed by atoms with Crippen molar-refractivity contribution in [3.63, 3.8) is 0 Å². The van der Waals surface area contributed by atoms with Gasteiger partial charge in [0.2, 0.25) is 0 Å². The Balaban J connectivity index is 1.72. The minimum Gasteiger partial charge on any atom is -0.298 e. The lowest BCUT2D eigenvalue weighted by atomic mass is 9.98. The van der Waals surface area contributed by atoms with E-state index in [9.17, 15) is 4.79 Å². The van der Waals surface area contributed by atoms with Crippen molar-refractivity contribution >= 4 is 17.7 Å². The van der Waals surface area contributed by atoms with E-state index in [1.165, 1.54) is 5.56 Å². The highest BCUT2D eigenvalue weighted by Crippen LogP contribution is 2.36. The zero-order valence-corrected chi connectivity index (χ0v) is 13.7. The number of hydrogen-bond acceptors (Lipinski definition) is 3. The van der Waals surface area contributed by atoms with E-state index in [0.717, 1.165) is 29.7 Å². The van der Waals surface area contributed by atoms with Gasteiger partial charge in [-0.1, -0.05) is 72.8 Å². The number of aldehydes is 1. The molecule has 0 aromatic heterocycles. The number of hydrazone groups is 1. The smallest absolute Gasteiger partial charge is 0.150 e. The maximum absolute atomic E-state index is 10.9. The lowest BCUT2D eigenvalue weighted by molar-refractivity contribution is 0.112. The average molecular weight is 326 g/mol. The number of carbonyl (C=O) groups excluding carboxylic acids is 1. The van der Waals surface area contributed by atoms with Crippen LogP contribution in [0.1, 0.15) is 33.9 Å². The Morgan fingerprint density at radius 3 is 2.12 bits per heavy atom. The first-order chi connectivity index (χ1) is 12.3. The Labute approximate surface area is 147 Å². The number of benzene rings is 3. The summed E-state index contributed by atoms with van der Waals surface area (Å²) >= 11 is 0. The van der Waals surface area contributed by atoms with Gasteiger partial charge in [-0.15, -0.1) is 0 Å². The SMILES string of the molecule is O=Cc1ccc(C2=NN(c3ccccc3)[C@@H](c3ccccc3)C2)cc1. The molecule has 0 spiro atoms. The predicted molar refractivity (Wildman–Crippen MR) is 101 cm³/mol. The maximum atomic E-state index is 10.9. The van der Waals surface area contributed by atoms with E-state index in [4.69, 9.17) is 5.10 Å². The first-order valence-corrected chi connectivity index (χ1v) is 8.37. The van der Waals surface area contributed by atoms with Gasteiger partial charge in [0.1, 0.15) is 6.29 Å². The fraction of sp³-hybridized carbons (Fsp3) is 0.0909. The highest BCUT2D eigenvalue weighted by atomic mass is 16.1. The summed E-state index contributed by atoms with van der Waals surface area (Å²) in [7, 11) is 0. The van der Waals surface area contributed by atoms with Crippen LogP contribution in [-0.4, -0.2) is 12.0 Å². The molecule has 0 aliphatic carbocycles. The average Bonchev–Trinajstić information content (AvgIpc) is 3.15. The maximum Gasteiger partial charge on any atom is 0.150 e. The van der Waals surface area contributed by atoms with Gasteiger partial charge in [0.05, 0.1) is 17.4 Å². The number of nitrogens with zero attached hydrogens (tertiary/aromatic N) is 2. The van der Waals surface area contributed by atoms with E-state index in [1.807, 2.05) is 48.5 Å². The predicted octanol–water partition coefficient (Wildman–Crippen LogP) is 4.85. The standard InChI is InChI=1S/C22H18N2O/c25-16-17-11-13-18(14-12-17)21-15-22(19-7-3-1-4-8-19)24(23-21)20-9-5-2-6-10-20/h1-14,16,22H,15H2/t22-/m1/s1. The lowest BCUT2D eigenvalue weighted by Gasteiger charge is -2.23. The zero-order valence-electron chi connectivity index (χ0n) is 13.7. The quantitative estimate of drug-likeness (QED) is 0.642. The summed E-state index contributed by atoms with van der Waals surface area (Å²) in [6.45, 7) is 0. The summed E-state index contributed by atoms with van der Waals surface area (Å²) in [5.74, 6) is 0. The first kappa shape index (κ1) is 15.3. The molecule has 0 amide bonds. The van der Waals surface area contributed by atoms with Crippen LogP contribution in [0.4, 0.5) is 5.69 Å². The molecule has 1 atom stereocenters. The van der Waals surface area contributed by atoms with Crippen molar-refractivity contribution in [2.45, 2.75) is 12.5 Å². The minimum absolute atomic E-state index is 0.171. The van der Waals surface area contributed by atoms with E-state index in [-0.39, 0.29) is 6.04 Å². The Hall–Kier alpha value is -3.20. The van der Waals surface area contributed by atoms with E-state index in [1.54, 1.807) is 0 Å². The Kier molecular flexibility index (Phi) is 4.13. The van der Waals surface area contributed by atoms with Gasteiger partial charge in [-0.2, -0.15) is 5.10 Å². The van der Waals surface area contributed by atoms with Crippen LogP contribution in [-0.2, 0) is 0 Å². The molecular weight excluding hydrogens is 308 g/mol. The van der Waals surface area contributed by atoms with Gasteiger partial charge in [0.25, 0.3) is 0 Å². The molecule has 3 nitrogen and oxygen atoms in total. The van der Waals surface area contributed by atoms with Gasteiger partial charge in [-0.3, -0.25) is 9.80 Å². The molecule has 122 valence electrons. The summed E-state index contributed by atoms with van der Waals surface area (Å²) in [6.07, 6.45) is 1.70. The number of anilines is 1. The van der Waals surface area contributed by atoms with Crippen LogP contribution < -0.4 is 5.01 Å². The molecule has 3 heteroatoms. The van der Waals surface area contributed by atoms with Crippen molar-refractivity contribution in [3.05, 3.63) is 102 Å². The van der Waals surface area contributed by atoms with Crippen molar-refractivity contribution < 1.29 is 4.79 Å². The van der Waals surface area contributed by atoms with E-state index >= 15 is 0 Å². The summed E-state index contributed by atoms with van der Waals surface area (Å²) < 4.78 is 0. The topological polar surface area (TPSA) is 32.7 Å². The van der Waals surface area contributed by atoms with Crippen LogP contribution >= 0.6 is 0 Å². The van der Waals surface area contributed by atoms with Gasteiger partial charge < -0.3 is 0 Å². The molecule has 3 aromatic rings. The monoisotopic (exact) mass is 326 g/mol. The summed E-state index contributed by atoms with van der Waals surface area (Å²) in [5.41, 5.74) is 5.10. The molecular formula is C22H18N2O. The van der Waals surface area contributed by atoms with Crippen LogP contribution in [0.25, 0.3) is 0 Å². The molecule has 0 radical (unpaired) electrons. The Bertz CT molecular complexity index is 886. The highest BCUT2D eigenvalue weighted by molar-refractivity contribution is 6.03. The zero-order chi connectivity index (χ0) is 17.1. The number of rotatable bonds is 4. The Morgan fingerprint density at radius 1 is 0.840 bits per heavy atom. The molecule has 0 N–H and O–H groups in total. The van der Waals surface area contributed by atoms with Crippen molar-refractivity contribution in [2.24, 2.45) is 5.10 Å². The molecule has 3 aromatic carbocycles. The van der Waals surface area contributed by atoms with Crippen molar-refractivity contribution in [1.29, 1.82) is 0 Å². The van der Waals surface area contributed by atoms with Crippen LogP contribution in [0.5, 0.6) is 0 Å². The minimum atomic E-state index is 0.171. The molecule has 0 saturated heterocycles. The molecule has 4 rings (SSSR count). The third-order valence-corrected chi connectivity index (χ3v) is 4.50. The summed E-state index contributed by atoms with van der Waals surface area (Å²) in [6, 6.07) is 28.5. The van der Waals surface area contributed by atoms with Gasteiger partial charge in [-0.05, 0) is 23.3 Å². The van der Waals surface area contributed by atoms with Crippen LogP contribution in [0.2, 0.25) is 0 Å². The third-order valence-electron chi connectivity index (χ3n) is 4.50. The number of carbonyl (C=O) groups is 1. The second-order valence-corrected chi connectivity index (χ2v) is 6.10. The lowest BCUT2D eigenvalue weighted by Crippen LogP contribution is -2.18. The van der Waals surface area contributed by atoms with Crippen molar-refractivity contribution in [3.8, 4) is 0 Å². The molecule has 25 heavy (non-hydrogen) atoms. The molecule has 1 aliphatic heterocycles. The third kappa shape index (κ3) is 3.09. The highest BCUT2D eigenvalue weighted by Gasteiger charge is 2.29. The molecule has 1 aliphatic rings. The Morgan fingerprint density at radius 2 is 1.48 bits per heavy atom. The van der Waals surface area contributed by atoms with Crippen LogP contribution in [0.15, 0.2) is 90.0 Å².